The van der Waals surface area contributed by atoms with Crippen LogP contribution in [0.25, 0.3) is 0 Å². The van der Waals surface area contributed by atoms with Gasteiger partial charge >= 0.3 is 0 Å². The molecule has 1 heteroatoms. The first-order valence-electron chi connectivity index (χ1n) is 4.22. The van der Waals surface area contributed by atoms with Gasteiger partial charge in [-0.3, -0.25) is 0 Å². The van der Waals surface area contributed by atoms with E-state index in [4.69, 9.17) is 11.2 Å². The maximum absolute atomic E-state index is 5.50. The molecule has 0 bridgehead atoms. The molecule has 1 nitrogen and oxygen atoms in total. The minimum Gasteiger partial charge on any atom is -0.363 e. The first-order valence-corrected chi connectivity index (χ1v) is 4.22. The van der Waals surface area contributed by atoms with Crippen molar-refractivity contribution in [3.8, 4) is 12.3 Å². The van der Waals surface area contributed by atoms with E-state index in [-0.39, 0.29) is 5.60 Å². The van der Waals surface area contributed by atoms with Crippen molar-refractivity contribution < 1.29 is 4.74 Å². The smallest absolute Gasteiger partial charge is 0.128 e. The summed E-state index contributed by atoms with van der Waals surface area (Å²) in [5.74, 6) is 3.13. The van der Waals surface area contributed by atoms with Crippen LogP contribution in [-0.2, 0) is 4.74 Å². The molecular weight excluding hydrogens is 136 g/mol. The van der Waals surface area contributed by atoms with E-state index in [2.05, 4.69) is 19.8 Å². The van der Waals surface area contributed by atoms with Crippen LogP contribution in [0.4, 0.5) is 0 Å². The lowest BCUT2D eigenvalue weighted by Gasteiger charge is -2.29. The van der Waals surface area contributed by atoms with Gasteiger partial charge in [0.25, 0.3) is 0 Å². The molecule has 11 heavy (non-hydrogen) atoms. The lowest BCUT2D eigenvalue weighted by Crippen LogP contribution is -2.34. The van der Waals surface area contributed by atoms with Crippen molar-refractivity contribution >= 4 is 0 Å². The summed E-state index contributed by atoms with van der Waals surface area (Å²) in [7, 11) is 0. The zero-order valence-electron chi connectivity index (χ0n) is 7.98. The fourth-order valence-electron chi connectivity index (χ4n) is 1.02. The summed E-state index contributed by atoms with van der Waals surface area (Å²) in [6, 6.07) is 0. The first-order chi connectivity index (χ1) is 5.10. The molecule has 0 radical (unpaired) electrons. The minimum atomic E-state index is -0.372. The third-order valence-corrected chi connectivity index (χ3v) is 2.28. The Bertz CT molecular complexity index is 145. The maximum Gasteiger partial charge on any atom is 0.128 e. The zero-order chi connectivity index (χ0) is 8.91. The van der Waals surface area contributed by atoms with Gasteiger partial charge in [-0.05, 0) is 26.2 Å². The van der Waals surface area contributed by atoms with E-state index in [1.807, 2.05) is 13.8 Å². The van der Waals surface area contributed by atoms with Gasteiger partial charge < -0.3 is 4.74 Å². The number of hydrogen-bond acceptors (Lipinski definition) is 1. The fourth-order valence-corrected chi connectivity index (χ4v) is 1.02. The Morgan fingerprint density at radius 2 is 2.09 bits per heavy atom. The van der Waals surface area contributed by atoms with Crippen molar-refractivity contribution in [3.05, 3.63) is 0 Å². The molecule has 0 amide bonds. The lowest BCUT2D eigenvalue weighted by molar-refractivity contribution is -0.0186. The molecule has 0 aromatic heterocycles. The third-order valence-electron chi connectivity index (χ3n) is 2.28. The predicted octanol–water partition coefficient (Wildman–Crippen LogP) is 2.46. The monoisotopic (exact) mass is 154 g/mol. The highest BCUT2D eigenvalue weighted by Gasteiger charge is 2.27. The second-order valence-corrected chi connectivity index (χ2v) is 2.99. The Kier molecular flexibility index (Phi) is 4.22. The molecule has 0 rings (SSSR count). The molecule has 2 atom stereocenters. The molecule has 2 unspecified atom stereocenters. The molecule has 0 aromatic carbocycles. The molecule has 0 spiro atoms. The van der Waals surface area contributed by atoms with Gasteiger partial charge in [0.2, 0.25) is 0 Å². The van der Waals surface area contributed by atoms with E-state index >= 15 is 0 Å². The van der Waals surface area contributed by atoms with Crippen molar-refractivity contribution in [2.45, 2.75) is 39.7 Å². The van der Waals surface area contributed by atoms with Gasteiger partial charge in [-0.25, -0.2) is 0 Å². The average Bonchev–Trinajstić information content (AvgIpc) is 2.03. The predicted molar refractivity (Wildman–Crippen MR) is 48.3 cm³/mol. The van der Waals surface area contributed by atoms with Crippen LogP contribution in [-0.4, -0.2) is 12.2 Å². The third kappa shape index (κ3) is 2.55. The fraction of sp³-hybridized carbons (Fsp3) is 0.800. The van der Waals surface area contributed by atoms with E-state index in [0.29, 0.717) is 12.5 Å². The van der Waals surface area contributed by atoms with Gasteiger partial charge in [-0.2, -0.15) is 0 Å². The molecular formula is C10H18O. The highest BCUT2D eigenvalue weighted by Crippen LogP contribution is 2.23. The topological polar surface area (TPSA) is 9.23 Å². The summed E-state index contributed by atoms with van der Waals surface area (Å²) >= 11 is 0. The largest absolute Gasteiger partial charge is 0.363 e. The van der Waals surface area contributed by atoms with Crippen molar-refractivity contribution in [1.82, 2.24) is 0 Å². The van der Waals surface area contributed by atoms with Crippen molar-refractivity contribution in [2.24, 2.45) is 5.92 Å². The SMILES string of the molecule is C#CC(C)(OCC)C(C)CC. The van der Waals surface area contributed by atoms with Gasteiger partial charge in [0.15, 0.2) is 0 Å². The highest BCUT2D eigenvalue weighted by molar-refractivity contribution is 5.08. The Morgan fingerprint density at radius 1 is 1.55 bits per heavy atom. The van der Waals surface area contributed by atoms with E-state index in [1.165, 1.54) is 0 Å². The van der Waals surface area contributed by atoms with E-state index in [1.54, 1.807) is 0 Å². The second-order valence-electron chi connectivity index (χ2n) is 2.99. The average molecular weight is 154 g/mol. The van der Waals surface area contributed by atoms with Crippen molar-refractivity contribution in [1.29, 1.82) is 0 Å². The van der Waals surface area contributed by atoms with E-state index in [0.717, 1.165) is 6.42 Å². The van der Waals surface area contributed by atoms with E-state index < -0.39 is 0 Å². The van der Waals surface area contributed by atoms with Crippen LogP contribution in [0.1, 0.15) is 34.1 Å². The molecule has 64 valence electrons. The van der Waals surface area contributed by atoms with E-state index in [9.17, 15) is 0 Å². The molecule has 0 aromatic rings. The highest BCUT2D eigenvalue weighted by atomic mass is 16.5. The van der Waals surface area contributed by atoms with Crippen LogP contribution < -0.4 is 0 Å². The van der Waals surface area contributed by atoms with Crippen LogP contribution in [0, 0.1) is 18.3 Å². The molecule has 0 aliphatic carbocycles. The molecule has 0 heterocycles. The van der Waals surface area contributed by atoms with Gasteiger partial charge in [0.1, 0.15) is 5.60 Å². The summed E-state index contributed by atoms with van der Waals surface area (Å²) in [6.07, 6.45) is 6.45. The number of terminal acetylenes is 1. The Labute approximate surface area is 70.1 Å². The van der Waals surface area contributed by atoms with Gasteiger partial charge in [-0.1, -0.05) is 19.8 Å². The number of rotatable bonds is 4. The summed E-state index contributed by atoms with van der Waals surface area (Å²) in [5, 5.41) is 0. The normalized spacial score (nSPS) is 18.5. The quantitative estimate of drug-likeness (QED) is 0.565. The maximum atomic E-state index is 5.50. The van der Waals surface area contributed by atoms with Crippen molar-refractivity contribution in [2.75, 3.05) is 6.61 Å². The molecule has 0 fully saturated rings. The molecule has 0 aliphatic rings. The minimum absolute atomic E-state index is 0.372. The Hall–Kier alpha value is -0.480. The van der Waals surface area contributed by atoms with Crippen LogP contribution >= 0.6 is 0 Å². The summed E-state index contributed by atoms with van der Waals surface area (Å²) in [5.41, 5.74) is -0.372. The van der Waals surface area contributed by atoms with Gasteiger partial charge in [-0.15, -0.1) is 6.42 Å². The number of hydrogen-bond donors (Lipinski definition) is 0. The van der Waals surface area contributed by atoms with Crippen molar-refractivity contribution in [3.63, 3.8) is 0 Å². The molecule has 0 saturated heterocycles. The van der Waals surface area contributed by atoms with Crippen LogP contribution in [0.15, 0.2) is 0 Å². The summed E-state index contributed by atoms with van der Waals surface area (Å²) < 4.78 is 5.50. The molecule has 0 saturated carbocycles. The summed E-state index contributed by atoms with van der Waals surface area (Å²) in [6.45, 7) is 8.88. The van der Waals surface area contributed by atoms with Crippen LogP contribution in [0.5, 0.6) is 0 Å². The lowest BCUT2D eigenvalue weighted by atomic mass is 9.89. The standard InChI is InChI=1S/C10H18O/c1-6-9(4)10(5,7-2)11-8-3/h2,9H,6,8H2,1,3-5H3. The second kappa shape index (κ2) is 4.41. The number of ether oxygens (including phenoxy) is 1. The zero-order valence-corrected chi connectivity index (χ0v) is 7.98. The van der Waals surface area contributed by atoms with Gasteiger partial charge in [0, 0.05) is 6.61 Å². The Balaban J connectivity index is 4.22. The Morgan fingerprint density at radius 3 is 2.36 bits per heavy atom. The molecule has 0 N–H and O–H groups in total. The van der Waals surface area contributed by atoms with Crippen LogP contribution in [0.2, 0.25) is 0 Å². The first kappa shape index (κ1) is 10.5. The van der Waals surface area contributed by atoms with Crippen LogP contribution in [0.3, 0.4) is 0 Å². The molecule has 0 aliphatic heterocycles. The summed E-state index contributed by atoms with van der Waals surface area (Å²) in [4.78, 5) is 0. The van der Waals surface area contributed by atoms with Gasteiger partial charge in [0.05, 0.1) is 0 Å².